The quantitative estimate of drug-likeness (QED) is 0.590. The summed E-state index contributed by atoms with van der Waals surface area (Å²) in [5.41, 5.74) is 0.796. The molecule has 5 nitrogen and oxygen atoms in total. The molecule has 1 atom stereocenters. The van der Waals surface area contributed by atoms with Gasteiger partial charge < -0.3 is 4.90 Å². The Morgan fingerprint density at radius 1 is 1.18 bits per heavy atom. The number of carbonyl (C=O) groups is 1. The van der Waals surface area contributed by atoms with Crippen molar-refractivity contribution >= 4 is 40.0 Å². The van der Waals surface area contributed by atoms with Crippen LogP contribution in [0.15, 0.2) is 47.3 Å². The number of amides is 1. The average molecular weight is 418 g/mol. The van der Waals surface area contributed by atoms with E-state index in [1.165, 1.54) is 0 Å². The average Bonchev–Trinajstić information content (AvgIpc) is 2.68. The maximum atomic E-state index is 13.0. The molecule has 0 spiro atoms. The fourth-order valence-corrected chi connectivity index (χ4v) is 3.75. The van der Waals surface area contributed by atoms with Gasteiger partial charge in [-0.15, -0.1) is 0 Å². The van der Waals surface area contributed by atoms with E-state index in [9.17, 15) is 9.59 Å². The van der Waals surface area contributed by atoms with Crippen LogP contribution >= 0.6 is 23.2 Å². The van der Waals surface area contributed by atoms with Crippen LogP contribution in [0.2, 0.25) is 10.0 Å². The maximum absolute atomic E-state index is 13.0. The maximum Gasteiger partial charge on any atom is 0.261 e. The summed E-state index contributed by atoms with van der Waals surface area (Å²) in [4.78, 5) is 32.3. The molecule has 1 heterocycles. The van der Waals surface area contributed by atoms with E-state index in [-0.39, 0.29) is 17.5 Å². The van der Waals surface area contributed by atoms with Crippen molar-refractivity contribution in [2.24, 2.45) is 0 Å². The normalized spacial score (nSPS) is 12.2. The third-order valence-electron chi connectivity index (χ3n) is 4.84. The molecule has 28 heavy (non-hydrogen) atoms. The van der Waals surface area contributed by atoms with Crippen LogP contribution in [0.4, 0.5) is 0 Å². The van der Waals surface area contributed by atoms with Gasteiger partial charge in [0.15, 0.2) is 0 Å². The van der Waals surface area contributed by atoms with Crippen molar-refractivity contribution in [3.05, 3.63) is 74.3 Å². The largest absolute Gasteiger partial charge is 0.331 e. The smallest absolute Gasteiger partial charge is 0.261 e. The first-order chi connectivity index (χ1) is 13.4. The Kier molecular flexibility index (Phi) is 6.06. The number of carbonyl (C=O) groups excluding carboxylic acids is 1. The minimum Gasteiger partial charge on any atom is -0.331 e. The van der Waals surface area contributed by atoms with Gasteiger partial charge in [0.1, 0.15) is 5.82 Å². The lowest BCUT2D eigenvalue weighted by Gasteiger charge is -2.29. The molecular weight excluding hydrogens is 397 g/mol. The molecule has 0 aliphatic rings. The Bertz CT molecular complexity index is 1090. The summed E-state index contributed by atoms with van der Waals surface area (Å²) in [6.45, 7) is 4.29. The van der Waals surface area contributed by atoms with E-state index in [0.717, 1.165) is 0 Å². The summed E-state index contributed by atoms with van der Waals surface area (Å²) in [6, 6.07) is 11.6. The summed E-state index contributed by atoms with van der Waals surface area (Å²) < 4.78 is 1.61. The van der Waals surface area contributed by atoms with Crippen molar-refractivity contribution in [1.29, 1.82) is 0 Å². The van der Waals surface area contributed by atoms with Crippen LogP contribution in [0.3, 0.4) is 0 Å². The zero-order chi connectivity index (χ0) is 20.4. The van der Waals surface area contributed by atoms with Crippen molar-refractivity contribution in [2.45, 2.75) is 32.9 Å². The number of hydrogen-bond acceptors (Lipinski definition) is 3. The van der Waals surface area contributed by atoms with Crippen LogP contribution in [-0.2, 0) is 6.54 Å². The molecule has 0 radical (unpaired) electrons. The molecular formula is C21H21Cl2N3O2. The van der Waals surface area contributed by atoms with E-state index in [4.69, 9.17) is 28.2 Å². The number of halogens is 2. The summed E-state index contributed by atoms with van der Waals surface area (Å²) in [5.74, 6) is 0.313. The molecule has 3 rings (SSSR count). The number of nitrogens with zero attached hydrogens (tertiary/aromatic N) is 3. The van der Waals surface area contributed by atoms with Gasteiger partial charge in [0.2, 0.25) is 0 Å². The number of rotatable bonds is 5. The topological polar surface area (TPSA) is 55.2 Å². The summed E-state index contributed by atoms with van der Waals surface area (Å²) >= 11 is 12.3. The van der Waals surface area contributed by atoms with Crippen LogP contribution in [-0.4, -0.2) is 27.4 Å². The van der Waals surface area contributed by atoms with Gasteiger partial charge >= 0.3 is 0 Å². The molecule has 1 unspecified atom stereocenters. The first-order valence-electron chi connectivity index (χ1n) is 9.10. The molecule has 0 bridgehead atoms. The van der Waals surface area contributed by atoms with Gasteiger partial charge in [-0.25, -0.2) is 4.98 Å². The Labute approximate surface area is 173 Å². The SMILES string of the molecule is CCC(c1nc2cc(Cl)ccc2c(=O)n1CC)N(C)C(=O)c1ccccc1Cl. The first kappa shape index (κ1) is 20.4. The van der Waals surface area contributed by atoms with Crippen molar-refractivity contribution in [3.63, 3.8) is 0 Å². The van der Waals surface area contributed by atoms with E-state index in [1.807, 2.05) is 13.8 Å². The minimum atomic E-state index is -0.389. The highest BCUT2D eigenvalue weighted by Crippen LogP contribution is 2.26. The zero-order valence-corrected chi connectivity index (χ0v) is 17.5. The molecule has 3 aromatic rings. The molecule has 146 valence electrons. The monoisotopic (exact) mass is 417 g/mol. The fourth-order valence-electron chi connectivity index (χ4n) is 3.37. The van der Waals surface area contributed by atoms with Crippen molar-refractivity contribution in [2.75, 3.05) is 7.05 Å². The highest BCUT2D eigenvalue weighted by molar-refractivity contribution is 6.33. The molecule has 0 N–H and O–H groups in total. The first-order valence-corrected chi connectivity index (χ1v) is 9.86. The molecule has 1 aromatic heterocycles. The van der Waals surface area contributed by atoms with Gasteiger partial charge in [0, 0.05) is 18.6 Å². The van der Waals surface area contributed by atoms with Crippen LogP contribution in [0.1, 0.15) is 42.5 Å². The molecule has 0 aliphatic heterocycles. The summed E-state index contributed by atoms with van der Waals surface area (Å²) in [5, 5.41) is 1.40. The zero-order valence-electron chi connectivity index (χ0n) is 15.9. The Morgan fingerprint density at radius 3 is 2.54 bits per heavy atom. The molecule has 2 aromatic carbocycles. The predicted molar refractivity (Wildman–Crippen MR) is 113 cm³/mol. The minimum absolute atomic E-state index is 0.142. The van der Waals surface area contributed by atoms with E-state index in [1.54, 1.807) is 59.0 Å². The van der Waals surface area contributed by atoms with E-state index in [0.29, 0.717) is 45.3 Å². The van der Waals surface area contributed by atoms with Gasteiger partial charge in [-0.1, -0.05) is 42.3 Å². The second kappa shape index (κ2) is 8.33. The lowest BCUT2D eigenvalue weighted by Crippen LogP contribution is -2.36. The van der Waals surface area contributed by atoms with Crippen LogP contribution in [0.25, 0.3) is 10.9 Å². The van der Waals surface area contributed by atoms with Crippen molar-refractivity contribution in [1.82, 2.24) is 14.5 Å². The highest BCUT2D eigenvalue weighted by atomic mass is 35.5. The third kappa shape index (κ3) is 3.64. The predicted octanol–water partition coefficient (Wildman–Crippen LogP) is 4.95. The second-order valence-electron chi connectivity index (χ2n) is 6.50. The standard InChI is InChI=1S/C21H21Cl2N3O2/c1-4-18(25(3)20(27)14-8-6-7-9-16(14)23)19-24-17-12-13(22)10-11-15(17)21(28)26(19)5-2/h6-12,18H,4-5H2,1-3H3. The third-order valence-corrected chi connectivity index (χ3v) is 5.40. The Morgan fingerprint density at radius 2 is 1.89 bits per heavy atom. The Hall–Kier alpha value is -2.37. The second-order valence-corrected chi connectivity index (χ2v) is 7.34. The summed E-state index contributed by atoms with van der Waals surface area (Å²) in [7, 11) is 1.70. The van der Waals surface area contributed by atoms with Crippen molar-refractivity contribution in [3.8, 4) is 0 Å². The van der Waals surface area contributed by atoms with Crippen LogP contribution in [0.5, 0.6) is 0 Å². The molecule has 0 aliphatic carbocycles. The summed E-state index contributed by atoms with van der Waals surface area (Å²) in [6.07, 6.45) is 0.588. The molecule has 1 amide bonds. The molecule has 0 saturated heterocycles. The van der Waals surface area contributed by atoms with Gasteiger partial charge in [-0.3, -0.25) is 14.2 Å². The van der Waals surface area contributed by atoms with Crippen LogP contribution in [0, 0.1) is 0 Å². The van der Waals surface area contributed by atoms with Crippen molar-refractivity contribution < 1.29 is 4.79 Å². The molecule has 7 heteroatoms. The number of aromatic nitrogens is 2. The van der Waals surface area contributed by atoms with Gasteiger partial charge in [0.05, 0.1) is 27.5 Å². The molecule has 0 saturated carbocycles. The Balaban J connectivity index is 2.14. The molecule has 0 fully saturated rings. The van der Waals surface area contributed by atoms with Gasteiger partial charge in [-0.05, 0) is 43.7 Å². The lowest BCUT2D eigenvalue weighted by molar-refractivity contribution is 0.0715. The fraction of sp³-hybridized carbons (Fsp3) is 0.286. The van der Waals surface area contributed by atoms with E-state index in [2.05, 4.69) is 0 Å². The van der Waals surface area contributed by atoms with E-state index >= 15 is 0 Å². The van der Waals surface area contributed by atoms with Crippen LogP contribution < -0.4 is 5.56 Å². The number of benzene rings is 2. The lowest BCUT2D eigenvalue weighted by atomic mass is 10.1. The van der Waals surface area contributed by atoms with Gasteiger partial charge in [-0.2, -0.15) is 0 Å². The number of fused-ring (bicyclic) bond motifs is 1. The highest BCUT2D eigenvalue weighted by Gasteiger charge is 2.27. The van der Waals surface area contributed by atoms with Gasteiger partial charge in [0.25, 0.3) is 11.5 Å². The van der Waals surface area contributed by atoms with E-state index < -0.39 is 0 Å². The number of hydrogen-bond donors (Lipinski definition) is 0.